The Morgan fingerprint density at radius 3 is 2.37 bits per heavy atom. The zero-order valence-corrected chi connectivity index (χ0v) is 44.5. The van der Waals surface area contributed by atoms with Gasteiger partial charge in [-0.3, -0.25) is 9.69 Å². The average molecular weight is 1000 g/mol. The van der Waals surface area contributed by atoms with Crippen LogP contribution in [0.2, 0.25) is 0 Å². The molecular weight excluding hydrogens is 921 g/mol. The van der Waals surface area contributed by atoms with Crippen LogP contribution in [0.25, 0.3) is 0 Å². The fourth-order valence-electron chi connectivity index (χ4n) is 11.3. The van der Waals surface area contributed by atoms with Crippen molar-refractivity contribution in [2.24, 2.45) is 17.8 Å². The number of methoxy groups -OCH3 is 1. The number of ether oxygens (including phenoxy) is 9. The van der Waals surface area contributed by atoms with Crippen molar-refractivity contribution in [1.29, 1.82) is 0 Å². The Morgan fingerprint density at radius 1 is 1.00 bits per heavy atom. The highest BCUT2D eigenvalue weighted by Gasteiger charge is 2.58. The normalized spacial score (nSPS) is 39.9. The van der Waals surface area contributed by atoms with E-state index in [1.165, 1.54) is 7.11 Å². The van der Waals surface area contributed by atoms with Gasteiger partial charge in [-0.25, -0.2) is 14.3 Å². The summed E-state index contributed by atoms with van der Waals surface area (Å²) in [6.45, 7) is 21.2. The van der Waals surface area contributed by atoms with Crippen LogP contribution in [0.3, 0.4) is 0 Å². The van der Waals surface area contributed by atoms with E-state index in [2.05, 4.69) is 15.6 Å². The van der Waals surface area contributed by atoms with Gasteiger partial charge in [-0.15, -0.1) is 5.10 Å². The molecule has 18 atom stereocenters. The van der Waals surface area contributed by atoms with Crippen LogP contribution in [0.1, 0.15) is 112 Å². The standard InChI is InChI=1S/C51H82N6O14/c1-16-38-51(11)43(70-48(61)71-51)33(7)56(14)25-28(2)22-49(9,62)42(68-46-40(58)37(55(12)13)21-30(4)64-46)31(5)41(32(6)45(59)66-38)67-39-23-50(10,63-15)44(34(8)65-39)69-47(60)52-24-36-27-57(54-53-36)26-35-20-18-17-19-29(35)3/h17-20,27-28,30-34,37-44,46,58,62H,16,21-26H2,1-15H3,(H,52,60)/t28-,30-,31+,32-,33-,34+,37+,38-,39+,40-,41+,42-,43-,44+,46+,49-,50-,51-/m1/s1. The van der Waals surface area contributed by atoms with Crippen LogP contribution >= 0.6 is 0 Å². The number of cyclic esters (lactones) is 1. The first kappa shape index (κ1) is 56.3. The Morgan fingerprint density at radius 2 is 1.70 bits per heavy atom. The molecule has 0 bridgehead atoms. The highest BCUT2D eigenvalue weighted by molar-refractivity contribution is 5.73. The van der Waals surface area contributed by atoms with Crippen molar-refractivity contribution >= 4 is 18.2 Å². The number of carbonyl (C=O) groups is 3. The van der Waals surface area contributed by atoms with E-state index < -0.39 is 102 Å². The summed E-state index contributed by atoms with van der Waals surface area (Å²) in [5, 5.41) is 35.8. The number of aliphatic hydroxyl groups excluding tert-OH is 1. The first-order chi connectivity index (χ1) is 33.3. The monoisotopic (exact) mass is 1000 g/mol. The van der Waals surface area contributed by atoms with Gasteiger partial charge in [-0.1, -0.05) is 50.3 Å². The first-order valence-corrected chi connectivity index (χ1v) is 25.2. The van der Waals surface area contributed by atoms with Crippen LogP contribution < -0.4 is 5.32 Å². The summed E-state index contributed by atoms with van der Waals surface area (Å²) >= 11 is 0. The number of carbonyl (C=O) groups excluding carboxylic acids is 3. The van der Waals surface area contributed by atoms with Gasteiger partial charge in [0.05, 0.1) is 55.2 Å². The fourth-order valence-corrected chi connectivity index (χ4v) is 11.3. The lowest BCUT2D eigenvalue weighted by Gasteiger charge is -2.49. The SMILES string of the molecule is CC[C@H]1OC(=O)[C@H](C)[C@@H](O[C@H]2C[C@@](C)(OC)[C@@H](OC(=O)NCc3cn(Cc4ccccc4C)nn3)[C@H](C)O2)[C@H](C)[C@@H](O[C@@H]2O[C@H](C)C[C@H](N(C)C)[C@H]2O)[C@](C)(O)C[C@@H](C)CN(C)[C@H](C)[C@H]2OC(=O)O[C@@]21C. The molecule has 3 N–H and O–H groups in total. The molecule has 4 fully saturated rings. The summed E-state index contributed by atoms with van der Waals surface area (Å²) in [4.78, 5) is 45.1. The maximum atomic E-state index is 14.8. The number of esters is 1. The number of aliphatic hydroxyl groups is 2. The van der Waals surface area contributed by atoms with E-state index in [0.29, 0.717) is 25.2 Å². The molecule has 4 saturated heterocycles. The molecule has 4 aliphatic heterocycles. The third-order valence-corrected chi connectivity index (χ3v) is 15.5. The van der Waals surface area contributed by atoms with Crippen molar-refractivity contribution in [3.05, 3.63) is 47.3 Å². The second-order valence-corrected chi connectivity index (χ2v) is 21.6. The minimum atomic E-state index is -1.61. The Kier molecular flexibility index (Phi) is 18.3. The molecule has 0 unspecified atom stereocenters. The summed E-state index contributed by atoms with van der Waals surface area (Å²) in [5.74, 6) is -2.70. The van der Waals surface area contributed by atoms with Gasteiger partial charge in [0.25, 0.3) is 0 Å². The van der Waals surface area contributed by atoms with Crippen molar-refractivity contribution in [2.75, 3.05) is 34.8 Å². The van der Waals surface area contributed by atoms with Crippen LogP contribution in [0, 0.1) is 24.7 Å². The lowest BCUT2D eigenvalue weighted by molar-refractivity contribution is -0.317. The van der Waals surface area contributed by atoms with E-state index in [4.69, 9.17) is 42.6 Å². The predicted octanol–water partition coefficient (Wildman–Crippen LogP) is 4.97. The predicted molar refractivity (Wildman–Crippen MR) is 259 cm³/mol. The zero-order valence-electron chi connectivity index (χ0n) is 44.5. The molecule has 0 radical (unpaired) electrons. The van der Waals surface area contributed by atoms with Crippen molar-refractivity contribution in [3.8, 4) is 0 Å². The largest absolute Gasteiger partial charge is 0.509 e. The maximum absolute atomic E-state index is 14.8. The molecule has 2 aromatic rings. The molecule has 1 amide bonds. The Bertz CT molecular complexity index is 2110. The second kappa shape index (κ2) is 23.1. The smallest absolute Gasteiger partial charge is 0.458 e. The van der Waals surface area contributed by atoms with E-state index in [1.54, 1.807) is 45.5 Å². The number of aryl methyl sites for hydroxylation is 1. The molecular formula is C51H82N6O14. The zero-order chi connectivity index (χ0) is 52.3. The number of hydrogen-bond acceptors (Lipinski definition) is 18. The molecule has 400 valence electrons. The summed E-state index contributed by atoms with van der Waals surface area (Å²) in [7, 11) is 7.19. The summed E-state index contributed by atoms with van der Waals surface area (Å²) < 4.78 is 58.6. The van der Waals surface area contributed by atoms with Gasteiger partial charge >= 0.3 is 18.2 Å². The number of nitrogens with one attached hydrogen (secondary N) is 1. The van der Waals surface area contributed by atoms with Crippen LogP contribution in [-0.4, -0.2) is 178 Å². The van der Waals surface area contributed by atoms with Gasteiger partial charge in [0.2, 0.25) is 0 Å². The average Bonchev–Trinajstić information content (AvgIpc) is 3.89. The van der Waals surface area contributed by atoms with Gasteiger partial charge in [0.15, 0.2) is 30.4 Å². The summed E-state index contributed by atoms with van der Waals surface area (Å²) in [6.07, 6.45) is -7.92. The molecule has 4 aliphatic rings. The topological polar surface area (TPSA) is 224 Å². The quantitative estimate of drug-likeness (QED) is 0.189. The molecule has 0 saturated carbocycles. The third kappa shape index (κ3) is 12.9. The number of nitrogens with zero attached hydrogens (tertiary/aromatic N) is 5. The highest BCUT2D eigenvalue weighted by atomic mass is 16.8. The van der Waals surface area contributed by atoms with E-state index in [-0.39, 0.29) is 49.9 Å². The van der Waals surface area contributed by atoms with Crippen molar-refractivity contribution in [3.63, 3.8) is 0 Å². The molecule has 0 spiro atoms. The minimum absolute atomic E-state index is 0.0459. The first-order valence-electron chi connectivity index (χ1n) is 25.2. The second-order valence-electron chi connectivity index (χ2n) is 21.6. The van der Waals surface area contributed by atoms with Gasteiger partial charge in [-0.05, 0) is 113 Å². The Labute approximate surface area is 419 Å². The fraction of sp³-hybridized carbons (Fsp3) is 0.784. The number of benzene rings is 1. The number of fused-ring (bicyclic) bond motifs is 1. The van der Waals surface area contributed by atoms with E-state index in [9.17, 15) is 24.6 Å². The van der Waals surface area contributed by atoms with Gasteiger partial charge < -0.3 is 63.1 Å². The van der Waals surface area contributed by atoms with Crippen LogP contribution in [-0.2, 0) is 60.5 Å². The molecule has 71 heavy (non-hydrogen) atoms. The molecule has 20 heteroatoms. The van der Waals surface area contributed by atoms with Gasteiger partial charge in [-0.2, -0.15) is 0 Å². The number of alkyl carbamates (subject to hydrolysis) is 1. The molecule has 0 aliphatic carbocycles. The Balaban J connectivity index is 1.28. The van der Waals surface area contributed by atoms with Crippen LogP contribution in [0.4, 0.5) is 9.59 Å². The highest BCUT2D eigenvalue weighted by Crippen LogP contribution is 2.42. The summed E-state index contributed by atoms with van der Waals surface area (Å²) in [6, 6.07) is 7.32. The maximum Gasteiger partial charge on any atom is 0.509 e. The molecule has 1 aromatic carbocycles. The van der Waals surface area contributed by atoms with E-state index in [1.807, 2.05) is 96.8 Å². The van der Waals surface area contributed by atoms with E-state index in [0.717, 1.165) is 11.1 Å². The van der Waals surface area contributed by atoms with Crippen LogP contribution in [0.15, 0.2) is 30.5 Å². The lowest BCUT2D eigenvalue weighted by Crippen LogP contribution is -2.61. The number of aromatic nitrogens is 3. The van der Waals surface area contributed by atoms with Gasteiger partial charge in [0, 0.05) is 38.1 Å². The number of amides is 1. The number of rotatable bonds is 12. The third-order valence-electron chi connectivity index (χ3n) is 15.5. The van der Waals surface area contributed by atoms with Crippen molar-refractivity contribution in [1.82, 2.24) is 30.1 Å². The number of hydrogen-bond donors (Lipinski definition) is 3. The van der Waals surface area contributed by atoms with Crippen LogP contribution in [0.5, 0.6) is 0 Å². The van der Waals surface area contributed by atoms with E-state index >= 15 is 0 Å². The molecule has 1 aromatic heterocycles. The summed E-state index contributed by atoms with van der Waals surface area (Å²) in [5.41, 5.74) is -1.35. The Hall–Kier alpha value is -3.99. The molecule has 6 rings (SSSR count). The van der Waals surface area contributed by atoms with Crippen molar-refractivity contribution < 1.29 is 67.2 Å². The van der Waals surface area contributed by atoms with Gasteiger partial charge in [0.1, 0.15) is 23.5 Å². The lowest BCUT2D eigenvalue weighted by atomic mass is 9.77. The molecule has 5 heterocycles. The molecule has 20 nitrogen and oxygen atoms in total. The number of likely N-dealkylation sites (N-methyl/N-ethyl adjacent to an activating group) is 2. The van der Waals surface area contributed by atoms with Crippen molar-refractivity contribution in [2.45, 2.75) is 205 Å². The minimum Gasteiger partial charge on any atom is -0.458 e.